The minimum Gasteiger partial charge on any atom is -0.399 e. The zero-order valence-electron chi connectivity index (χ0n) is 8.24. The molecule has 0 amide bonds. The van der Waals surface area contributed by atoms with Crippen molar-refractivity contribution in [1.29, 1.82) is 0 Å². The van der Waals surface area contributed by atoms with Crippen molar-refractivity contribution in [1.82, 2.24) is 9.78 Å². The summed E-state index contributed by atoms with van der Waals surface area (Å²) in [7, 11) is 1.89. The van der Waals surface area contributed by atoms with Crippen molar-refractivity contribution < 1.29 is 0 Å². The molecule has 0 saturated carbocycles. The first-order chi connectivity index (χ1) is 7.15. The first-order valence-electron chi connectivity index (χ1n) is 4.46. The van der Waals surface area contributed by atoms with Crippen molar-refractivity contribution in [3.63, 3.8) is 0 Å². The topological polar surface area (TPSA) is 55.9 Å². The molecule has 15 heavy (non-hydrogen) atoms. The van der Waals surface area contributed by atoms with Crippen molar-refractivity contribution in [2.75, 3.05) is 11.1 Å². The predicted octanol–water partition coefficient (Wildman–Crippen LogP) is 2.35. The van der Waals surface area contributed by atoms with Crippen LogP contribution in [-0.2, 0) is 7.05 Å². The molecule has 0 aliphatic heterocycles. The Bertz CT molecular complexity index is 478. The van der Waals surface area contributed by atoms with Gasteiger partial charge in [0.15, 0.2) is 0 Å². The molecule has 5 heteroatoms. The van der Waals surface area contributed by atoms with Gasteiger partial charge in [-0.25, -0.2) is 0 Å². The fourth-order valence-electron chi connectivity index (χ4n) is 1.27. The average molecular weight is 314 g/mol. The van der Waals surface area contributed by atoms with Gasteiger partial charge in [-0.15, -0.1) is 0 Å². The number of hydrogen-bond donors (Lipinski definition) is 2. The van der Waals surface area contributed by atoms with E-state index >= 15 is 0 Å². The Kier molecular flexibility index (Phi) is 2.81. The third kappa shape index (κ3) is 2.41. The van der Waals surface area contributed by atoms with Gasteiger partial charge < -0.3 is 11.1 Å². The second-order valence-electron chi connectivity index (χ2n) is 3.27. The smallest absolute Gasteiger partial charge is 0.0770 e. The van der Waals surface area contributed by atoms with E-state index in [4.69, 9.17) is 5.73 Å². The molecule has 0 radical (unpaired) electrons. The molecule has 2 aromatic rings. The largest absolute Gasteiger partial charge is 0.399 e. The number of rotatable bonds is 2. The van der Waals surface area contributed by atoms with E-state index in [0.717, 1.165) is 20.6 Å². The fraction of sp³-hybridized carbons (Fsp3) is 0.100. The molecule has 4 nitrogen and oxygen atoms in total. The van der Waals surface area contributed by atoms with Gasteiger partial charge in [0.05, 0.1) is 17.6 Å². The number of hydrogen-bond acceptors (Lipinski definition) is 3. The van der Waals surface area contributed by atoms with Crippen LogP contribution in [0.2, 0.25) is 0 Å². The SMILES string of the molecule is Cn1cc(Nc2ccc(N)cc2I)cn1. The first-order valence-corrected chi connectivity index (χ1v) is 5.54. The van der Waals surface area contributed by atoms with E-state index in [2.05, 4.69) is 33.0 Å². The van der Waals surface area contributed by atoms with Crippen LogP contribution in [0.15, 0.2) is 30.6 Å². The number of benzene rings is 1. The van der Waals surface area contributed by atoms with Gasteiger partial charge in [-0.05, 0) is 40.8 Å². The summed E-state index contributed by atoms with van der Waals surface area (Å²) >= 11 is 2.25. The van der Waals surface area contributed by atoms with Crippen LogP contribution in [0, 0.1) is 3.57 Å². The van der Waals surface area contributed by atoms with Gasteiger partial charge in [0.25, 0.3) is 0 Å². The molecule has 0 saturated heterocycles. The Hall–Kier alpha value is -1.24. The highest BCUT2D eigenvalue weighted by molar-refractivity contribution is 14.1. The summed E-state index contributed by atoms with van der Waals surface area (Å²) in [5.41, 5.74) is 8.46. The second-order valence-corrected chi connectivity index (χ2v) is 4.43. The maximum absolute atomic E-state index is 5.68. The lowest BCUT2D eigenvalue weighted by Gasteiger charge is -2.06. The van der Waals surface area contributed by atoms with Crippen LogP contribution >= 0.6 is 22.6 Å². The van der Waals surface area contributed by atoms with E-state index in [0.29, 0.717) is 0 Å². The standard InChI is InChI=1S/C10H11IN4/c1-15-6-8(5-13-15)14-10-3-2-7(12)4-9(10)11/h2-6,14H,12H2,1H3. The summed E-state index contributed by atoms with van der Waals surface area (Å²) in [6, 6.07) is 5.77. The summed E-state index contributed by atoms with van der Waals surface area (Å²) < 4.78 is 2.85. The van der Waals surface area contributed by atoms with Crippen molar-refractivity contribution in [2.24, 2.45) is 7.05 Å². The molecule has 0 unspecified atom stereocenters. The lowest BCUT2D eigenvalue weighted by atomic mass is 10.3. The zero-order valence-corrected chi connectivity index (χ0v) is 10.4. The third-order valence-corrected chi connectivity index (χ3v) is 2.87. The van der Waals surface area contributed by atoms with E-state index < -0.39 is 0 Å². The van der Waals surface area contributed by atoms with E-state index in [9.17, 15) is 0 Å². The number of aryl methyl sites for hydroxylation is 1. The Morgan fingerprint density at radius 1 is 1.47 bits per heavy atom. The third-order valence-electron chi connectivity index (χ3n) is 1.98. The number of aromatic nitrogens is 2. The molecule has 3 N–H and O–H groups in total. The second kappa shape index (κ2) is 4.09. The van der Waals surface area contributed by atoms with Gasteiger partial charge >= 0.3 is 0 Å². The van der Waals surface area contributed by atoms with Crippen molar-refractivity contribution in [2.45, 2.75) is 0 Å². The molecule has 0 fully saturated rings. The maximum Gasteiger partial charge on any atom is 0.0770 e. The number of nitrogen functional groups attached to an aromatic ring is 1. The molecule has 1 heterocycles. The van der Waals surface area contributed by atoms with Crippen LogP contribution in [0.4, 0.5) is 17.1 Å². The summed E-state index contributed by atoms with van der Waals surface area (Å²) in [5.74, 6) is 0. The highest BCUT2D eigenvalue weighted by atomic mass is 127. The molecule has 78 valence electrons. The molecule has 1 aromatic carbocycles. The summed E-state index contributed by atoms with van der Waals surface area (Å²) in [6.07, 6.45) is 3.71. The summed E-state index contributed by atoms with van der Waals surface area (Å²) in [5, 5.41) is 7.36. The number of halogens is 1. The van der Waals surface area contributed by atoms with Gasteiger partial charge in [0.1, 0.15) is 0 Å². The molecule has 0 atom stereocenters. The lowest BCUT2D eigenvalue weighted by molar-refractivity contribution is 0.768. The van der Waals surface area contributed by atoms with E-state index in [1.165, 1.54) is 0 Å². The van der Waals surface area contributed by atoms with E-state index in [1.807, 2.05) is 31.4 Å². The number of anilines is 3. The maximum atomic E-state index is 5.68. The molecular formula is C10H11IN4. The minimum absolute atomic E-state index is 0.774. The van der Waals surface area contributed by atoms with E-state index in [1.54, 1.807) is 10.9 Å². The predicted molar refractivity (Wildman–Crippen MR) is 70.1 cm³/mol. The van der Waals surface area contributed by atoms with Gasteiger partial charge in [0, 0.05) is 22.5 Å². The summed E-state index contributed by atoms with van der Waals surface area (Å²) in [6.45, 7) is 0. The van der Waals surface area contributed by atoms with Gasteiger partial charge in [-0.3, -0.25) is 4.68 Å². The number of nitrogens with zero attached hydrogens (tertiary/aromatic N) is 2. The first kappa shape index (κ1) is 10.3. The average Bonchev–Trinajstić information content (AvgIpc) is 2.56. The highest BCUT2D eigenvalue weighted by Gasteiger charge is 2.01. The monoisotopic (exact) mass is 314 g/mol. The lowest BCUT2D eigenvalue weighted by Crippen LogP contribution is -1.93. The van der Waals surface area contributed by atoms with Crippen LogP contribution in [0.1, 0.15) is 0 Å². The Labute approximate surface area is 102 Å². The van der Waals surface area contributed by atoms with E-state index in [-0.39, 0.29) is 0 Å². The highest BCUT2D eigenvalue weighted by Crippen LogP contribution is 2.24. The van der Waals surface area contributed by atoms with Gasteiger partial charge in [-0.1, -0.05) is 0 Å². The molecule has 2 rings (SSSR count). The normalized spacial score (nSPS) is 10.3. The van der Waals surface area contributed by atoms with Crippen LogP contribution in [0.25, 0.3) is 0 Å². The van der Waals surface area contributed by atoms with Crippen LogP contribution < -0.4 is 11.1 Å². The molecule has 1 aromatic heterocycles. The van der Waals surface area contributed by atoms with Crippen molar-refractivity contribution in [3.8, 4) is 0 Å². The van der Waals surface area contributed by atoms with Gasteiger partial charge in [-0.2, -0.15) is 5.10 Å². The molecule has 0 aliphatic rings. The Balaban J connectivity index is 2.24. The van der Waals surface area contributed by atoms with Crippen LogP contribution in [0.3, 0.4) is 0 Å². The molecular weight excluding hydrogens is 303 g/mol. The van der Waals surface area contributed by atoms with Gasteiger partial charge in [0.2, 0.25) is 0 Å². The molecule has 0 aliphatic carbocycles. The molecule has 0 spiro atoms. The van der Waals surface area contributed by atoms with Crippen molar-refractivity contribution in [3.05, 3.63) is 34.2 Å². The van der Waals surface area contributed by atoms with Crippen molar-refractivity contribution >= 4 is 39.7 Å². The quantitative estimate of drug-likeness (QED) is 0.661. The zero-order chi connectivity index (χ0) is 10.8. The Morgan fingerprint density at radius 3 is 2.87 bits per heavy atom. The fourth-order valence-corrected chi connectivity index (χ4v) is 1.95. The minimum atomic E-state index is 0.774. The molecule has 0 bridgehead atoms. The van der Waals surface area contributed by atoms with Crippen LogP contribution in [-0.4, -0.2) is 9.78 Å². The van der Waals surface area contributed by atoms with Crippen LogP contribution in [0.5, 0.6) is 0 Å². The number of nitrogens with two attached hydrogens (primary N) is 1. The summed E-state index contributed by atoms with van der Waals surface area (Å²) in [4.78, 5) is 0. The Morgan fingerprint density at radius 2 is 2.27 bits per heavy atom. The number of nitrogens with one attached hydrogen (secondary N) is 1.